The third kappa shape index (κ3) is 5.47. The van der Waals surface area contributed by atoms with Crippen molar-refractivity contribution in [2.75, 3.05) is 7.11 Å². The Balaban J connectivity index is 1.78. The largest absolute Gasteiger partial charge is 0.496 e. The Hall–Kier alpha value is -3.60. The molecule has 3 rings (SSSR count). The van der Waals surface area contributed by atoms with Crippen LogP contribution in [-0.2, 0) is 11.4 Å². The molecule has 0 heterocycles. The summed E-state index contributed by atoms with van der Waals surface area (Å²) in [6.07, 6.45) is 0.166. The Morgan fingerprint density at radius 3 is 2.40 bits per heavy atom. The molecular weight excluding hydrogens is 380 g/mol. The third-order valence-corrected chi connectivity index (χ3v) is 4.87. The van der Waals surface area contributed by atoms with Gasteiger partial charge < -0.3 is 14.6 Å². The Morgan fingerprint density at radius 1 is 0.933 bits per heavy atom. The first-order valence-corrected chi connectivity index (χ1v) is 9.74. The minimum atomic E-state index is -0.919. The minimum Gasteiger partial charge on any atom is -0.496 e. The number of ether oxygens (including phenoxy) is 2. The van der Waals surface area contributed by atoms with Gasteiger partial charge in [-0.15, -0.1) is 0 Å². The summed E-state index contributed by atoms with van der Waals surface area (Å²) in [7, 11) is 1.61. The molecule has 3 aromatic carbocycles. The molecule has 0 spiro atoms. The summed E-state index contributed by atoms with van der Waals surface area (Å²) < 4.78 is 11.2. The predicted molar refractivity (Wildman–Crippen MR) is 114 cm³/mol. The first kappa shape index (κ1) is 21.1. The number of ketones is 1. The summed E-state index contributed by atoms with van der Waals surface area (Å²) in [5.41, 5.74) is 2.20. The monoisotopic (exact) mass is 404 g/mol. The third-order valence-electron chi connectivity index (χ3n) is 4.87. The number of rotatable bonds is 10. The average Bonchev–Trinajstić information content (AvgIpc) is 2.78. The molecule has 0 saturated carbocycles. The Kier molecular flexibility index (Phi) is 7.22. The number of Topliss-reactive ketones (excluding diaryl/α,β-unsaturated/α-hetero) is 1. The SMILES string of the molecule is COc1ccccc1COc1cccc(C(=O)C(CCC(=O)O)c2ccccc2)c1. The zero-order valence-corrected chi connectivity index (χ0v) is 16.8. The van der Waals surface area contributed by atoms with Gasteiger partial charge in [0.1, 0.15) is 18.1 Å². The highest BCUT2D eigenvalue weighted by Crippen LogP contribution is 2.28. The maximum absolute atomic E-state index is 13.2. The number of carboxylic acid groups (broad SMARTS) is 1. The number of para-hydroxylation sites is 1. The van der Waals surface area contributed by atoms with Crippen LogP contribution in [0, 0.1) is 0 Å². The molecule has 0 aliphatic carbocycles. The molecule has 0 fully saturated rings. The maximum atomic E-state index is 13.2. The van der Waals surface area contributed by atoms with Gasteiger partial charge in [0.2, 0.25) is 0 Å². The molecule has 1 N–H and O–H groups in total. The van der Waals surface area contributed by atoms with Gasteiger partial charge >= 0.3 is 5.97 Å². The van der Waals surface area contributed by atoms with Crippen molar-refractivity contribution in [3.05, 3.63) is 95.6 Å². The second kappa shape index (κ2) is 10.3. The quantitative estimate of drug-likeness (QED) is 0.476. The molecule has 3 aromatic rings. The fraction of sp³-hybridized carbons (Fsp3) is 0.200. The van der Waals surface area contributed by atoms with Gasteiger partial charge in [0.15, 0.2) is 5.78 Å². The summed E-state index contributed by atoms with van der Waals surface area (Å²) in [6, 6.07) is 23.9. The lowest BCUT2D eigenvalue weighted by Gasteiger charge is -2.16. The van der Waals surface area contributed by atoms with E-state index in [2.05, 4.69) is 0 Å². The molecule has 5 nitrogen and oxygen atoms in total. The minimum absolute atomic E-state index is 0.0741. The van der Waals surface area contributed by atoms with Crippen LogP contribution in [0.5, 0.6) is 11.5 Å². The highest BCUT2D eigenvalue weighted by molar-refractivity contribution is 6.01. The van der Waals surface area contributed by atoms with Crippen LogP contribution in [0.15, 0.2) is 78.9 Å². The van der Waals surface area contributed by atoms with Crippen molar-refractivity contribution in [1.29, 1.82) is 0 Å². The van der Waals surface area contributed by atoms with E-state index >= 15 is 0 Å². The van der Waals surface area contributed by atoms with Crippen LogP contribution in [0.3, 0.4) is 0 Å². The lowest BCUT2D eigenvalue weighted by molar-refractivity contribution is -0.137. The van der Waals surface area contributed by atoms with Crippen LogP contribution < -0.4 is 9.47 Å². The van der Waals surface area contributed by atoms with Gasteiger partial charge in [0, 0.05) is 23.5 Å². The topological polar surface area (TPSA) is 72.8 Å². The zero-order chi connectivity index (χ0) is 21.3. The molecule has 5 heteroatoms. The van der Waals surface area contributed by atoms with E-state index in [1.54, 1.807) is 31.4 Å². The number of carbonyl (C=O) groups is 2. The van der Waals surface area contributed by atoms with Crippen LogP contribution in [-0.4, -0.2) is 24.0 Å². The van der Waals surface area contributed by atoms with Crippen LogP contribution in [0.2, 0.25) is 0 Å². The van der Waals surface area contributed by atoms with Crippen molar-refractivity contribution in [3.63, 3.8) is 0 Å². The first-order valence-electron chi connectivity index (χ1n) is 9.74. The number of aliphatic carboxylic acids is 1. The molecule has 0 saturated heterocycles. The fourth-order valence-corrected chi connectivity index (χ4v) is 3.33. The Morgan fingerprint density at radius 2 is 1.67 bits per heavy atom. The maximum Gasteiger partial charge on any atom is 0.303 e. The van der Waals surface area contributed by atoms with E-state index in [4.69, 9.17) is 14.6 Å². The van der Waals surface area contributed by atoms with Gasteiger partial charge in [-0.1, -0.05) is 60.7 Å². The first-order chi connectivity index (χ1) is 14.6. The van der Waals surface area contributed by atoms with Crippen molar-refractivity contribution in [1.82, 2.24) is 0 Å². The van der Waals surface area contributed by atoms with E-state index in [-0.39, 0.29) is 18.6 Å². The molecule has 0 radical (unpaired) electrons. The molecular formula is C25H24O5. The van der Waals surface area contributed by atoms with E-state index in [9.17, 15) is 9.59 Å². The highest BCUT2D eigenvalue weighted by atomic mass is 16.5. The van der Waals surface area contributed by atoms with Crippen LogP contribution in [0.1, 0.15) is 40.2 Å². The van der Waals surface area contributed by atoms with E-state index in [1.807, 2.05) is 54.6 Å². The smallest absolute Gasteiger partial charge is 0.303 e. The Labute approximate surface area is 175 Å². The summed E-state index contributed by atoms with van der Waals surface area (Å²) in [5, 5.41) is 9.09. The number of benzene rings is 3. The van der Waals surface area contributed by atoms with E-state index in [0.29, 0.717) is 17.9 Å². The molecule has 0 aromatic heterocycles. The van der Waals surface area contributed by atoms with Crippen molar-refractivity contribution >= 4 is 11.8 Å². The van der Waals surface area contributed by atoms with E-state index in [0.717, 1.165) is 16.9 Å². The number of carboxylic acids is 1. The van der Waals surface area contributed by atoms with Crippen molar-refractivity contribution in [3.8, 4) is 11.5 Å². The molecule has 154 valence electrons. The van der Waals surface area contributed by atoms with Gasteiger partial charge in [-0.2, -0.15) is 0 Å². The standard InChI is InChI=1S/C25H24O5/c1-29-23-13-6-5-10-20(23)17-30-21-12-7-11-19(16-21)25(28)22(14-15-24(26)27)18-8-3-2-4-9-18/h2-13,16,22H,14-15,17H2,1H3,(H,26,27). The lowest BCUT2D eigenvalue weighted by Crippen LogP contribution is -2.15. The van der Waals surface area contributed by atoms with Crippen molar-refractivity contribution < 1.29 is 24.2 Å². The zero-order valence-electron chi connectivity index (χ0n) is 16.8. The van der Waals surface area contributed by atoms with Gasteiger partial charge in [0.25, 0.3) is 0 Å². The van der Waals surface area contributed by atoms with Crippen LogP contribution in [0.4, 0.5) is 0 Å². The highest BCUT2D eigenvalue weighted by Gasteiger charge is 2.23. The molecule has 0 aliphatic rings. The van der Waals surface area contributed by atoms with Crippen LogP contribution >= 0.6 is 0 Å². The normalized spacial score (nSPS) is 11.5. The number of hydrogen-bond donors (Lipinski definition) is 1. The number of hydrogen-bond acceptors (Lipinski definition) is 4. The number of carbonyl (C=O) groups excluding carboxylic acids is 1. The second-order valence-corrected chi connectivity index (χ2v) is 6.89. The molecule has 0 aliphatic heterocycles. The molecule has 30 heavy (non-hydrogen) atoms. The fourth-order valence-electron chi connectivity index (χ4n) is 3.33. The van der Waals surface area contributed by atoms with Gasteiger partial charge in [-0.3, -0.25) is 9.59 Å². The Bertz CT molecular complexity index is 997. The van der Waals surface area contributed by atoms with Crippen LogP contribution in [0.25, 0.3) is 0 Å². The van der Waals surface area contributed by atoms with Gasteiger partial charge in [-0.25, -0.2) is 0 Å². The second-order valence-electron chi connectivity index (χ2n) is 6.89. The molecule has 1 unspecified atom stereocenters. The summed E-state index contributed by atoms with van der Waals surface area (Å²) in [4.78, 5) is 24.3. The summed E-state index contributed by atoms with van der Waals surface area (Å²) in [5.74, 6) is -0.256. The lowest BCUT2D eigenvalue weighted by atomic mass is 9.87. The van der Waals surface area contributed by atoms with E-state index in [1.165, 1.54) is 0 Å². The van der Waals surface area contributed by atoms with Gasteiger partial charge in [0.05, 0.1) is 7.11 Å². The summed E-state index contributed by atoms with van der Waals surface area (Å²) in [6.45, 7) is 0.308. The average molecular weight is 404 g/mol. The van der Waals surface area contributed by atoms with E-state index < -0.39 is 11.9 Å². The van der Waals surface area contributed by atoms with Crippen molar-refractivity contribution in [2.45, 2.75) is 25.4 Å². The predicted octanol–water partition coefficient (Wildman–Crippen LogP) is 5.11. The molecule has 0 bridgehead atoms. The summed E-state index contributed by atoms with van der Waals surface area (Å²) >= 11 is 0. The van der Waals surface area contributed by atoms with Crippen molar-refractivity contribution in [2.24, 2.45) is 0 Å². The molecule has 1 atom stereocenters. The molecule has 0 amide bonds. The van der Waals surface area contributed by atoms with Gasteiger partial charge in [-0.05, 0) is 30.2 Å². The number of methoxy groups -OCH3 is 1.